The van der Waals surface area contributed by atoms with Crippen molar-refractivity contribution in [1.29, 1.82) is 0 Å². The maximum atomic E-state index is 13.7. The number of aryl methyl sites for hydroxylation is 2. The summed E-state index contributed by atoms with van der Waals surface area (Å²) >= 11 is 0. The van der Waals surface area contributed by atoms with Crippen LogP contribution in [0.3, 0.4) is 0 Å². The van der Waals surface area contributed by atoms with Crippen molar-refractivity contribution in [2.24, 2.45) is 0 Å². The molecular formula is C29H30N2O3. The van der Waals surface area contributed by atoms with Crippen LogP contribution in [0.25, 0.3) is 10.9 Å². The number of carbonyl (C=O) groups is 1. The van der Waals surface area contributed by atoms with E-state index in [1.807, 2.05) is 60.4 Å². The lowest BCUT2D eigenvalue weighted by molar-refractivity contribution is 0.0339. The van der Waals surface area contributed by atoms with Gasteiger partial charge in [0, 0.05) is 28.7 Å². The van der Waals surface area contributed by atoms with Gasteiger partial charge in [0.05, 0.1) is 26.4 Å². The van der Waals surface area contributed by atoms with Crippen LogP contribution in [0.2, 0.25) is 0 Å². The SMILES string of the molecule is COc1ccc2[nH]c3c(c2c1)CCN(C(=O)c1ccc(C)c(C)c1)C3COCc1ccccc1. The molecule has 1 atom stereocenters. The molecule has 0 aliphatic carbocycles. The number of aromatic nitrogens is 1. The summed E-state index contributed by atoms with van der Waals surface area (Å²) < 4.78 is 11.6. The molecular weight excluding hydrogens is 424 g/mol. The van der Waals surface area contributed by atoms with Gasteiger partial charge in [-0.25, -0.2) is 0 Å². The lowest BCUT2D eigenvalue weighted by Gasteiger charge is -2.36. The molecule has 1 amide bonds. The van der Waals surface area contributed by atoms with Crippen molar-refractivity contribution in [2.45, 2.75) is 32.9 Å². The van der Waals surface area contributed by atoms with Gasteiger partial charge in [0.15, 0.2) is 0 Å². The van der Waals surface area contributed by atoms with Crippen LogP contribution in [0.1, 0.15) is 44.3 Å². The highest BCUT2D eigenvalue weighted by atomic mass is 16.5. The Morgan fingerprint density at radius 2 is 1.85 bits per heavy atom. The molecule has 0 saturated carbocycles. The Labute approximate surface area is 200 Å². The minimum absolute atomic E-state index is 0.0401. The molecule has 0 bridgehead atoms. The molecule has 4 aromatic rings. The van der Waals surface area contributed by atoms with Gasteiger partial charge in [-0.05, 0) is 72.9 Å². The van der Waals surface area contributed by atoms with Gasteiger partial charge < -0.3 is 19.4 Å². The van der Waals surface area contributed by atoms with Crippen LogP contribution in [0.5, 0.6) is 5.75 Å². The largest absolute Gasteiger partial charge is 0.497 e. The molecule has 0 saturated heterocycles. The molecule has 2 heterocycles. The Morgan fingerprint density at radius 3 is 2.62 bits per heavy atom. The van der Waals surface area contributed by atoms with Crippen LogP contribution < -0.4 is 4.74 Å². The summed E-state index contributed by atoms with van der Waals surface area (Å²) in [6.07, 6.45) is 0.786. The average molecular weight is 455 g/mol. The first kappa shape index (κ1) is 22.2. The van der Waals surface area contributed by atoms with Gasteiger partial charge in [-0.1, -0.05) is 36.4 Å². The second kappa shape index (κ2) is 9.35. The predicted octanol–water partition coefficient (Wildman–Crippen LogP) is 5.75. The number of fused-ring (bicyclic) bond motifs is 3. The molecule has 5 rings (SSSR count). The van der Waals surface area contributed by atoms with Crippen molar-refractivity contribution >= 4 is 16.8 Å². The fourth-order valence-electron chi connectivity index (χ4n) is 4.79. The van der Waals surface area contributed by atoms with E-state index >= 15 is 0 Å². The van der Waals surface area contributed by atoms with E-state index in [1.54, 1.807) is 7.11 Å². The summed E-state index contributed by atoms with van der Waals surface area (Å²) in [6, 6.07) is 22.0. The normalized spacial score (nSPS) is 15.4. The van der Waals surface area contributed by atoms with Gasteiger partial charge >= 0.3 is 0 Å². The van der Waals surface area contributed by atoms with Crippen molar-refractivity contribution in [3.8, 4) is 5.75 Å². The van der Waals surface area contributed by atoms with E-state index < -0.39 is 0 Å². The standard InChI is InChI=1S/C29H30N2O3/c1-19-9-10-22(15-20(19)2)29(32)31-14-13-24-25-16-23(33-3)11-12-26(25)30-28(24)27(31)18-34-17-21-7-5-4-6-8-21/h4-12,15-16,27,30H,13-14,17-18H2,1-3H3. The molecule has 1 N–H and O–H groups in total. The maximum Gasteiger partial charge on any atom is 0.254 e. The zero-order valence-corrected chi connectivity index (χ0v) is 19.9. The number of methoxy groups -OCH3 is 1. The van der Waals surface area contributed by atoms with Crippen molar-refractivity contribution in [1.82, 2.24) is 9.88 Å². The number of H-pyrrole nitrogens is 1. The topological polar surface area (TPSA) is 54.6 Å². The Balaban J connectivity index is 1.49. The molecule has 5 nitrogen and oxygen atoms in total. The van der Waals surface area contributed by atoms with Crippen molar-refractivity contribution in [2.75, 3.05) is 20.3 Å². The first-order chi connectivity index (χ1) is 16.5. The summed E-state index contributed by atoms with van der Waals surface area (Å²) in [7, 11) is 1.68. The van der Waals surface area contributed by atoms with Gasteiger partial charge in [-0.15, -0.1) is 0 Å². The molecule has 0 radical (unpaired) electrons. The smallest absolute Gasteiger partial charge is 0.254 e. The number of ether oxygens (including phenoxy) is 2. The van der Waals surface area contributed by atoms with Gasteiger partial charge in [0.25, 0.3) is 5.91 Å². The third-order valence-corrected chi connectivity index (χ3v) is 6.86. The van der Waals surface area contributed by atoms with Crippen molar-refractivity contribution in [3.63, 3.8) is 0 Å². The van der Waals surface area contributed by atoms with Crippen molar-refractivity contribution < 1.29 is 14.3 Å². The summed E-state index contributed by atoms with van der Waals surface area (Å²) in [5.74, 6) is 0.873. The molecule has 1 aliphatic heterocycles. The fraction of sp³-hybridized carbons (Fsp3) is 0.276. The summed E-state index contributed by atoms with van der Waals surface area (Å²) in [6.45, 7) is 5.68. The fourth-order valence-corrected chi connectivity index (χ4v) is 4.79. The lowest BCUT2D eigenvalue weighted by atomic mass is 9.96. The summed E-state index contributed by atoms with van der Waals surface area (Å²) in [4.78, 5) is 19.2. The zero-order chi connectivity index (χ0) is 23.7. The molecule has 0 spiro atoms. The Kier molecular flexibility index (Phi) is 6.12. The quantitative estimate of drug-likeness (QED) is 0.404. The number of hydrogen-bond acceptors (Lipinski definition) is 3. The highest BCUT2D eigenvalue weighted by Gasteiger charge is 2.34. The third kappa shape index (κ3) is 4.19. The van der Waals surface area contributed by atoms with E-state index in [1.165, 1.54) is 11.1 Å². The zero-order valence-electron chi connectivity index (χ0n) is 19.9. The summed E-state index contributed by atoms with van der Waals surface area (Å²) in [5, 5.41) is 1.15. The number of rotatable bonds is 6. The highest BCUT2D eigenvalue weighted by Crippen LogP contribution is 2.37. The monoisotopic (exact) mass is 454 g/mol. The first-order valence-electron chi connectivity index (χ1n) is 11.7. The molecule has 1 aromatic heterocycles. The molecule has 3 aromatic carbocycles. The Bertz CT molecular complexity index is 1330. The number of aromatic amines is 1. The van der Waals surface area contributed by atoms with E-state index in [4.69, 9.17) is 9.47 Å². The molecule has 0 fully saturated rings. The Hall–Kier alpha value is -3.57. The van der Waals surface area contributed by atoms with Crippen LogP contribution in [0, 0.1) is 13.8 Å². The molecule has 5 heteroatoms. The predicted molar refractivity (Wildman–Crippen MR) is 134 cm³/mol. The van der Waals surface area contributed by atoms with Crippen LogP contribution in [0.4, 0.5) is 0 Å². The Morgan fingerprint density at radius 1 is 1.03 bits per heavy atom. The van der Waals surface area contributed by atoms with Gasteiger partial charge in [0.2, 0.25) is 0 Å². The molecule has 174 valence electrons. The van der Waals surface area contributed by atoms with Gasteiger partial charge in [-0.3, -0.25) is 4.79 Å². The highest BCUT2D eigenvalue weighted by molar-refractivity contribution is 5.95. The minimum Gasteiger partial charge on any atom is -0.497 e. The molecule has 1 unspecified atom stereocenters. The first-order valence-corrected chi connectivity index (χ1v) is 11.7. The second-order valence-electron chi connectivity index (χ2n) is 8.99. The minimum atomic E-state index is -0.194. The number of nitrogens with zero attached hydrogens (tertiary/aromatic N) is 1. The number of nitrogens with one attached hydrogen (secondary N) is 1. The van der Waals surface area contributed by atoms with Crippen molar-refractivity contribution in [3.05, 3.63) is 100 Å². The van der Waals surface area contributed by atoms with Gasteiger partial charge in [-0.2, -0.15) is 0 Å². The summed E-state index contributed by atoms with van der Waals surface area (Å²) in [5.41, 5.74) is 7.50. The molecule has 34 heavy (non-hydrogen) atoms. The molecule has 1 aliphatic rings. The van der Waals surface area contributed by atoms with E-state index in [9.17, 15) is 4.79 Å². The van der Waals surface area contributed by atoms with E-state index in [0.717, 1.165) is 45.5 Å². The van der Waals surface area contributed by atoms with Crippen LogP contribution in [-0.2, 0) is 17.8 Å². The maximum absolute atomic E-state index is 13.7. The second-order valence-corrected chi connectivity index (χ2v) is 8.99. The number of carbonyl (C=O) groups excluding carboxylic acids is 1. The van der Waals surface area contributed by atoms with Crippen LogP contribution >= 0.6 is 0 Å². The van der Waals surface area contributed by atoms with Crippen LogP contribution in [0.15, 0.2) is 66.7 Å². The van der Waals surface area contributed by atoms with Gasteiger partial charge in [0.1, 0.15) is 5.75 Å². The van der Waals surface area contributed by atoms with Crippen LogP contribution in [-0.4, -0.2) is 36.1 Å². The lowest BCUT2D eigenvalue weighted by Crippen LogP contribution is -2.42. The van der Waals surface area contributed by atoms with E-state index in [-0.39, 0.29) is 11.9 Å². The average Bonchev–Trinajstić information content (AvgIpc) is 3.24. The number of hydrogen-bond donors (Lipinski definition) is 1. The number of benzene rings is 3. The number of amides is 1. The van der Waals surface area contributed by atoms with E-state index in [0.29, 0.717) is 19.8 Å². The van der Waals surface area contributed by atoms with E-state index in [2.05, 4.69) is 30.1 Å². The third-order valence-electron chi connectivity index (χ3n) is 6.86.